The number of pyridine rings is 2. The van der Waals surface area contributed by atoms with Gasteiger partial charge in [0.25, 0.3) is 17.7 Å². The number of thiophene rings is 1. The second kappa shape index (κ2) is 13.5. The molecule has 0 saturated carbocycles. The molecule has 4 aliphatic rings. The Morgan fingerprint density at radius 3 is 2.51 bits per heavy atom. The maximum absolute atomic E-state index is 14.2. The number of fused-ring (bicyclic) bond motifs is 3. The number of allylic oxidation sites excluding steroid dienone is 3. The highest BCUT2D eigenvalue weighted by Gasteiger charge is 2.46. The predicted octanol–water partition coefficient (Wildman–Crippen LogP) is 6.41. The molecule has 13 heteroatoms. The molecule has 4 aliphatic heterocycles. The van der Waals surface area contributed by atoms with Crippen molar-refractivity contribution in [1.82, 2.24) is 20.2 Å². The monoisotopic (exact) mass is 733 g/mol. The summed E-state index contributed by atoms with van der Waals surface area (Å²) in [5, 5.41) is 9.16. The first-order valence-electron chi connectivity index (χ1n) is 17.8. The molecule has 2 fully saturated rings. The molecule has 1 unspecified atom stereocenters. The van der Waals surface area contributed by atoms with Crippen LogP contribution in [0.3, 0.4) is 0 Å². The molecule has 2 saturated heterocycles. The molecule has 1 aromatic carbocycles. The van der Waals surface area contributed by atoms with Gasteiger partial charge in [0.2, 0.25) is 0 Å². The van der Waals surface area contributed by atoms with Crippen LogP contribution in [0.25, 0.3) is 0 Å². The number of carbonyl (C=O) groups excluding carboxylic acids is 3. The van der Waals surface area contributed by atoms with Crippen LogP contribution in [0.15, 0.2) is 84.3 Å². The van der Waals surface area contributed by atoms with Crippen molar-refractivity contribution >= 4 is 46.4 Å². The van der Waals surface area contributed by atoms with E-state index < -0.39 is 17.3 Å². The van der Waals surface area contributed by atoms with E-state index in [1.807, 2.05) is 51.1 Å². The van der Waals surface area contributed by atoms with Gasteiger partial charge in [-0.3, -0.25) is 14.4 Å². The van der Waals surface area contributed by atoms with Crippen molar-refractivity contribution in [2.45, 2.75) is 45.6 Å². The minimum atomic E-state index is -0.811. The van der Waals surface area contributed by atoms with E-state index in [1.165, 1.54) is 29.7 Å². The lowest BCUT2D eigenvalue weighted by atomic mass is 9.73. The van der Waals surface area contributed by atoms with Gasteiger partial charge in [0.15, 0.2) is 11.6 Å². The van der Waals surface area contributed by atoms with Gasteiger partial charge in [-0.2, -0.15) is 0 Å². The van der Waals surface area contributed by atoms with Gasteiger partial charge in [0, 0.05) is 72.0 Å². The number of nitrogens with zero attached hydrogens (tertiary/aromatic N) is 4. The van der Waals surface area contributed by atoms with Crippen LogP contribution >= 0.6 is 11.3 Å². The first kappa shape index (κ1) is 34.7. The summed E-state index contributed by atoms with van der Waals surface area (Å²) < 4.78 is 19.8. The van der Waals surface area contributed by atoms with E-state index in [2.05, 4.69) is 25.8 Å². The standard InChI is InChI=1S/C40H40FN7O4S/c1-24-6-12-29(35(43-24)47-22-40(23-47)15-19-52-20-16-40)36(49)44-28-10-8-26(9-11-28)38(51)48-18-14-27-21-31(37(50)45-34-30(41)5-4-17-42-34)53-33(27)39(3)32(48)13-7-25(2)46-39/h4-13,17,21,46H,14-16,18-20,22-23H2,1-3H3,(H,44,49)(H,42,45,50). The number of aromatic nitrogens is 2. The van der Waals surface area contributed by atoms with Crippen LogP contribution in [0.1, 0.15) is 73.2 Å². The summed E-state index contributed by atoms with van der Waals surface area (Å²) in [6, 6.07) is 15.1. The van der Waals surface area contributed by atoms with Crippen LogP contribution in [-0.2, 0) is 16.7 Å². The van der Waals surface area contributed by atoms with Crippen molar-refractivity contribution < 1.29 is 23.5 Å². The van der Waals surface area contributed by atoms with Crippen molar-refractivity contribution in [1.29, 1.82) is 0 Å². The Kier molecular flexibility index (Phi) is 8.86. The molecular formula is C40H40FN7O4S. The number of rotatable bonds is 6. The van der Waals surface area contributed by atoms with E-state index in [9.17, 15) is 18.8 Å². The van der Waals surface area contributed by atoms with Gasteiger partial charge in [-0.25, -0.2) is 14.4 Å². The number of halogens is 1. The molecule has 1 spiro atoms. The topological polar surface area (TPSA) is 129 Å². The van der Waals surface area contributed by atoms with E-state index in [1.54, 1.807) is 29.2 Å². The predicted molar refractivity (Wildman–Crippen MR) is 202 cm³/mol. The first-order chi connectivity index (χ1) is 25.5. The summed E-state index contributed by atoms with van der Waals surface area (Å²) in [5.41, 5.74) is 4.42. The van der Waals surface area contributed by atoms with Gasteiger partial charge >= 0.3 is 0 Å². The fourth-order valence-corrected chi connectivity index (χ4v) is 9.03. The van der Waals surface area contributed by atoms with E-state index in [4.69, 9.17) is 9.72 Å². The number of hydrogen-bond acceptors (Lipinski definition) is 9. The van der Waals surface area contributed by atoms with Gasteiger partial charge in [-0.15, -0.1) is 11.3 Å². The molecule has 0 aliphatic carbocycles. The highest BCUT2D eigenvalue weighted by atomic mass is 32.1. The Morgan fingerprint density at radius 2 is 1.75 bits per heavy atom. The first-order valence-corrected chi connectivity index (χ1v) is 18.6. The maximum Gasteiger partial charge on any atom is 0.266 e. The van der Waals surface area contributed by atoms with Crippen LogP contribution in [0.4, 0.5) is 21.7 Å². The molecule has 3 N–H and O–H groups in total. The summed E-state index contributed by atoms with van der Waals surface area (Å²) in [6.07, 6.45) is 7.85. The van der Waals surface area contributed by atoms with Crippen LogP contribution in [0.5, 0.6) is 0 Å². The average molecular weight is 734 g/mol. The number of carbonyl (C=O) groups is 3. The van der Waals surface area contributed by atoms with Crippen molar-refractivity contribution in [3.63, 3.8) is 0 Å². The molecule has 1 atom stereocenters. The molecule has 3 amide bonds. The van der Waals surface area contributed by atoms with Gasteiger partial charge < -0.3 is 30.5 Å². The SMILES string of the molecule is CC1=CC=C2N(C(=O)c3ccc(NC(=O)c4ccc(C)nc4N4CC5(CCOCC5)C4)cc3)CCc3cc(C(=O)Nc4ncccc4F)sc3C2(C)N1. The van der Waals surface area contributed by atoms with Gasteiger partial charge in [0.05, 0.1) is 16.1 Å². The summed E-state index contributed by atoms with van der Waals surface area (Å²) in [4.78, 5) is 55.0. The van der Waals surface area contributed by atoms with Gasteiger partial charge in [-0.1, -0.05) is 0 Å². The number of anilines is 3. The van der Waals surface area contributed by atoms with Crippen molar-refractivity contribution in [2.75, 3.05) is 48.4 Å². The second-order valence-electron chi connectivity index (χ2n) is 14.4. The molecule has 4 aromatic rings. The fraction of sp³-hybridized carbons (Fsp3) is 0.325. The third-order valence-electron chi connectivity index (χ3n) is 10.6. The Morgan fingerprint density at radius 1 is 0.981 bits per heavy atom. The Labute approximate surface area is 311 Å². The van der Waals surface area contributed by atoms with Crippen LogP contribution in [-0.4, -0.2) is 65.4 Å². The molecule has 11 nitrogen and oxygen atoms in total. The number of benzene rings is 1. The van der Waals surface area contributed by atoms with Gasteiger partial charge in [-0.05, 0) is 112 Å². The largest absolute Gasteiger partial charge is 0.381 e. The average Bonchev–Trinajstić information content (AvgIpc) is 3.54. The number of dihydropyridines is 1. The van der Waals surface area contributed by atoms with Crippen LogP contribution in [0.2, 0.25) is 0 Å². The minimum absolute atomic E-state index is 0.128. The lowest BCUT2D eigenvalue weighted by Gasteiger charge is -2.53. The Hall–Kier alpha value is -5.40. The molecule has 3 aromatic heterocycles. The summed E-state index contributed by atoms with van der Waals surface area (Å²) in [5.74, 6) is -0.933. The molecule has 0 bridgehead atoms. The normalized spacial score (nSPS) is 20.2. The van der Waals surface area contributed by atoms with Crippen molar-refractivity contribution in [3.05, 3.63) is 122 Å². The summed E-state index contributed by atoms with van der Waals surface area (Å²) in [6.45, 7) is 9.53. The Balaban J connectivity index is 0.987. The van der Waals surface area contributed by atoms with Crippen LogP contribution in [0, 0.1) is 18.2 Å². The molecule has 0 radical (unpaired) electrons. The van der Waals surface area contributed by atoms with E-state index in [0.717, 1.165) is 66.7 Å². The molecular weight excluding hydrogens is 694 g/mol. The third-order valence-corrected chi connectivity index (χ3v) is 12.0. The molecule has 272 valence electrons. The second-order valence-corrected chi connectivity index (χ2v) is 15.5. The van der Waals surface area contributed by atoms with Crippen molar-refractivity contribution in [3.8, 4) is 0 Å². The van der Waals surface area contributed by atoms with E-state index in [-0.39, 0.29) is 23.0 Å². The zero-order valence-corrected chi connectivity index (χ0v) is 30.6. The van der Waals surface area contributed by atoms with E-state index >= 15 is 0 Å². The third kappa shape index (κ3) is 6.48. The Bertz CT molecular complexity index is 2180. The lowest BCUT2D eigenvalue weighted by Crippen LogP contribution is -2.59. The van der Waals surface area contributed by atoms with Crippen molar-refractivity contribution in [2.24, 2.45) is 5.41 Å². The smallest absolute Gasteiger partial charge is 0.266 e. The minimum Gasteiger partial charge on any atom is -0.381 e. The molecule has 7 heterocycles. The highest BCUT2D eigenvalue weighted by molar-refractivity contribution is 7.14. The zero-order valence-electron chi connectivity index (χ0n) is 29.8. The molecule has 53 heavy (non-hydrogen) atoms. The fourth-order valence-electron chi connectivity index (χ4n) is 7.81. The highest BCUT2D eigenvalue weighted by Crippen LogP contribution is 2.45. The number of amides is 3. The number of nitrogens with one attached hydrogen (secondary N) is 3. The number of aryl methyl sites for hydroxylation is 1. The quantitative estimate of drug-likeness (QED) is 0.208. The maximum atomic E-state index is 14.2. The lowest BCUT2D eigenvalue weighted by molar-refractivity contribution is -0.000519. The summed E-state index contributed by atoms with van der Waals surface area (Å²) in [7, 11) is 0. The zero-order chi connectivity index (χ0) is 36.9. The van der Waals surface area contributed by atoms with Gasteiger partial charge in [0.1, 0.15) is 11.4 Å². The molecule has 8 rings (SSSR count). The summed E-state index contributed by atoms with van der Waals surface area (Å²) >= 11 is 1.31. The number of ether oxygens (including phenoxy) is 1. The number of hydrogen-bond donors (Lipinski definition) is 3. The van der Waals surface area contributed by atoms with Crippen LogP contribution < -0.4 is 20.9 Å². The van der Waals surface area contributed by atoms with E-state index in [0.29, 0.717) is 40.5 Å².